The highest BCUT2D eigenvalue weighted by molar-refractivity contribution is 5.82. The van der Waals surface area contributed by atoms with E-state index in [1.165, 1.54) is 6.42 Å². The third-order valence-corrected chi connectivity index (χ3v) is 4.47. The van der Waals surface area contributed by atoms with Crippen LogP contribution in [0.2, 0.25) is 0 Å². The highest BCUT2D eigenvalue weighted by Crippen LogP contribution is 2.42. The normalized spacial score (nSPS) is 29.2. The smallest absolute Gasteiger partial charge is 0.136 e. The standard InChI is InChI=1S/C14H26O2/c1-10-6-7-12(13(15)8-10)14(3,4)11(2)9-16-5/h10-12H,6-9H2,1-5H3. The van der Waals surface area contributed by atoms with E-state index in [1.54, 1.807) is 7.11 Å². The van der Waals surface area contributed by atoms with Crippen LogP contribution >= 0.6 is 0 Å². The summed E-state index contributed by atoms with van der Waals surface area (Å²) in [5.41, 5.74) is 0.0627. The monoisotopic (exact) mass is 226 g/mol. The minimum absolute atomic E-state index is 0.0627. The zero-order chi connectivity index (χ0) is 12.3. The lowest BCUT2D eigenvalue weighted by atomic mass is 9.63. The number of ketones is 1. The van der Waals surface area contributed by atoms with Crippen molar-refractivity contribution in [2.45, 2.75) is 47.0 Å². The summed E-state index contributed by atoms with van der Waals surface area (Å²) in [5, 5.41) is 0. The van der Waals surface area contributed by atoms with Gasteiger partial charge in [-0.15, -0.1) is 0 Å². The SMILES string of the molecule is COCC(C)C(C)(C)C1CCC(C)CC1=O. The summed E-state index contributed by atoms with van der Waals surface area (Å²) in [7, 11) is 1.73. The third kappa shape index (κ3) is 2.85. The number of ether oxygens (including phenoxy) is 1. The van der Waals surface area contributed by atoms with Crippen molar-refractivity contribution in [1.29, 1.82) is 0 Å². The Kier molecular flexibility index (Phi) is 4.54. The molecule has 0 aromatic rings. The first-order valence-corrected chi connectivity index (χ1v) is 6.41. The summed E-state index contributed by atoms with van der Waals surface area (Å²) in [5.74, 6) is 1.71. The molecule has 3 unspecified atom stereocenters. The van der Waals surface area contributed by atoms with Gasteiger partial charge < -0.3 is 4.74 Å². The predicted molar refractivity (Wildman–Crippen MR) is 66.3 cm³/mol. The molecule has 0 amide bonds. The number of Topliss-reactive ketones (excluding diaryl/α,β-unsaturated/α-hetero) is 1. The molecule has 1 aliphatic rings. The average Bonchev–Trinajstić information content (AvgIpc) is 2.17. The Hall–Kier alpha value is -0.370. The average molecular weight is 226 g/mol. The van der Waals surface area contributed by atoms with Crippen LogP contribution in [0.1, 0.15) is 47.0 Å². The van der Waals surface area contributed by atoms with E-state index in [-0.39, 0.29) is 11.3 Å². The maximum absolute atomic E-state index is 12.1. The molecule has 0 aromatic carbocycles. The highest BCUT2D eigenvalue weighted by Gasteiger charge is 2.41. The molecule has 1 fully saturated rings. The summed E-state index contributed by atoms with van der Waals surface area (Å²) in [4.78, 5) is 12.1. The van der Waals surface area contributed by atoms with Gasteiger partial charge in [0.2, 0.25) is 0 Å². The van der Waals surface area contributed by atoms with E-state index in [1.807, 2.05) is 0 Å². The van der Waals surface area contributed by atoms with Crippen LogP contribution < -0.4 is 0 Å². The van der Waals surface area contributed by atoms with Crippen LogP contribution in [-0.4, -0.2) is 19.5 Å². The van der Waals surface area contributed by atoms with Crippen molar-refractivity contribution in [2.24, 2.45) is 23.2 Å². The molecule has 1 saturated carbocycles. The van der Waals surface area contributed by atoms with Gasteiger partial charge in [-0.1, -0.05) is 27.7 Å². The van der Waals surface area contributed by atoms with E-state index in [2.05, 4.69) is 27.7 Å². The number of carbonyl (C=O) groups is 1. The fourth-order valence-corrected chi connectivity index (χ4v) is 2.80. The molecule has 0 saturated heterocycles. The van der Waals surface area contributed by atoms with Gasteiger partial charge in [-0.2, -0.15) is 0 Å². The molecule has 2 nitrogen and oxygen atoms in total. The molecule has 0 N–H and O–H groups in total. The zero-order valence-electron chi connectivity index (χ0n) is 11.4. The van der Waals surface area contributed by atoms with Crippen LogP contribution in [0.15, 0.2) is 0 Å². The quantitative estimate of drug-likeness (QED) is 0.735. The van der Waals surface area contributed by atoms with Gasteiger partial charge >= 0.3 is 0 Å². The number of methoxy groups -OCH3 is 1. The lowest BCUT2D eigenvalue weighted by Crippen LogP contribution is -2.40. The first kappa shape index (κ1) is 13.7. The molecule has 1 aliphatic carbocycles. The second-order valence-corrected chi connectivity index (χ2v) is 6.08. The van der Waals surface area contributed by atoms with Crippen molar-refractivity contribution in [2.75, 3.05) is 13.7 Å². The van der Waals surface area contributed by atoms with Crippen molar-refractivity contribution < 1.29 is 9.53 Å². The van der Waals surface area contributed by atoms with Gasteiger partial charge in [-0.05, 0) is 30.1 Å². The largest absolute Gasteiger partial charge is 0.384 e. The molecule has 0 aromatic heterocycles. The molecule has 0 aliphatic heterocycles. The number of hydrogen-bond donors (Lipinski definition) is 0. The molecule has 94 valence electrons. The molecule has 16 heavy (non-hydrogen) atoms. The zero-order valence-corrected chi connectivity index (χ0v) is 11.4. The van der Waals surface area contributed by atoms with Crippen LogP contribution in [0.4, 0.5) is 0 Å². The van der Waals surface area contributed by atoms with Gasteiger partial charge in [0.15, 0.2) is 0 Å². The molecule has 3 atom stereocenters. The highest BCUT2D eigenvalue weighted by atomic mass is 16.5. The predicted octanol–water partition coefficient (Wildman–Crippen LogP) is 3.30. The van der Waals surface area contributed by atoms with Gasteiger partial charge in [0.25, 0.3) is 0 Å². The Balaban J connectivity index is 2.71. The summed E-state index contributed by atoms with van der Waals surface area (Å²) >= 11 is 0. The van der Waals surface area contributed by atoms with Crippen LogP contribution in [-0.2, 0) is 9.53 Å². The molecule has 0 bridgehead atoms. The molecule has 0 spiro atoms. The second kappa shape index (κ2) is 5.31. The van der Waals surface area contributed by atoms with Crippen LogP contribution in [0.3, 0.4) is 0 Å². The van der Waals surface area contributed by atoms with Gasteiger partial charge in [0, 0.05) is 26.1 Å². The molecule has 2 heteroatoms. The molecular formula is C14H26O2. The van der Waals surface area contributed by atoms with Crippen LogP contribution in [0.5, 0.6) is 0 Å². The first-order valence-electron chi connectivity index (χ1n) is 6.41. The topological polar surface area (TPSA) is 26.3 Å². The van der Waals surface area contributed by atoms with E-state index >= 15 is 0 Å². The van der Waals surface area contributed by atoms with E-state index in [9.17, 15) is 4.79 Å². The summed E-state index contributed by atoms with van der Waals surface area (Å²) in [6.45, 7) is 9.55. The molecule has 0 heterocycles. The fourth-order valence-electron chi connectivity index (χ4n) is 2.80. The Morgan fingerprint density at radius 1 is 1.44 bits per heavy atom. The van der Waals surface area contributed by atoms with Crippen molar-refractivity contribution in [3.63, 3.8) is 0 Å². The number of carbonyl (C=O) groups excluding carboxylic acids is 1. The Bertz CT molecular complexity index is 245. The first-order chi connectivity index (χ1) is 7.39. The molecular weight excluding hydrogens is 200 g/mol. The number of rotatable bonds is 4. The molecule has 0 radical (unpaired) electrons. The minimum atomic E-state index is 0.0627. The van der Waals surface area contributed by atoms with E-state index < -0.39 is 0 Å². The minimum Gasteiger partial charge on any atom is -0.384 e. The van der Waals surface area contributed by atoms with Crippen molar-refractivity contribution in [3.8, 4) is 0 Å². The van der Waals surface area contributed by atoms with E-state index in [0.29, 0.717) is 17.6 Å². The van der Waals surface area contributed by atoms with E-state index in [0.717, 1.165) is 19.4 Å². The lowest BCUT2D eigenvalue weighted by Gasteiger charge is -2.41. The Morgan fingerprint density at radius 2 is 2.06 bits per heavy atom. The summed E-state index contributed by atoms with van der Waals surface area (Å²) in [6, 6.07) is 0. The van der Waals surface area contributed by atoms with E-state index in [4.69, 9.17) is 4.74 Å². The van der Waals surface area contributed by atoms with Crippen molar-refractivity contribution in [3.05, 3.63) is 0 Å². The van der Waals surface area contributed by atoms with Crippen LogP contribution in [0, 0.1) is 23.2 Å². The molecule has 1 rings (SSSR count). The number of hydrogen-bond acceptors (Lipinski definition) is 2. The fraction of sp³-hybridized carbons (Fsp3) is 0.929. The van der Waals surface area contributed by atoms with Crippen LogP contribution in [0.25, 0.3) is 0 Å². The maximum atomic E-state index is 12.1. The lowest BCUT2D eigenvalue weighted by molar-refractivity contribution is -0.132. The van der Waals surface area contributed by atoms with Gasteiger partial charge in [0.05, 0.1) is 0 Å². The van der Waals surface area contributed by atoms with Gasteiger partial charge in [-0.25, -0.2) is 0 Å². The Morgan fingerprint density at radius 3 is 2.56 bits per heavy atom. The third-order valence-electron chi connectivity index (χ3n) is 4.47. The Labute approximate surface area is 99.8 Å². The van der Waals surface area contributed by atoms with Crippen molar-refractivity contribution >= 4 is 5.78 Å². The van der Waals surface area contributed by atoms with Gasteiger partial charge in [-0.3, -0.25) is 4.79 Å². The van der Waals surface area contributed by atoms with Crippen molar-refractivity contribution in [1.82, 2.24) is 0 Å². The maximum Gasteiger partial charge on any atom is 0.136 e. The second-order valence-electron chi connectivity index (χ2n) is 6.08. The van der Waals surface area contributed by atoms with Gasteiger partial charge in [0.1, 0.15) is 5.78 Å². The summed E-state index contributed by atoms with van der Waals surface area (Å²) in [6.07, 6.45) is 3.02. The summed E-state index contributed by atoms with van der Waals surface area (Å²) < 4.78 is 5.23.